The van der Waals surface area contributed by atoms with E-state index in [4.69, 9.17) is 9.47 Å². The molecular weight excluding hydrogens is 288 g/mol. The van der Waals surface area contributed by atoms with Gasteiger partial charge in [0.15, 0.2) is 0 Å². The summed E-state index contributed by atoms with van der Waals surface area (Å²) in [5.74, 6) is -1.25. The number of amides is 1. The largest absolute Gasteiger partial charge is 0.480 e. The fraction of sp³-hybridized carbons (Fsp3) is 0.533. The zero-order valence-electron chi connectivity index (χ0n) is 12.7. The molecule has 1 amide bonds. The van der Waals surface area contributed by atoms with Crippen LogP contribution in [-0.4, -0.2) is 46.8 Å². The zero-order valence-corrected chi connectivity index (χ0v) is 12.7. The molecule has 2 heterocycles. The van der Waals surface area contributed by atoms with Crippen molar-refractivity contribution >= 4 is 11.9 Å². The molecule has 1 aromatic heterocycles. The molecule has 7 heteroatoms. The van der Waals surface area contributed by atoms with E-state index in [-0.39, 0.29) is 24.6 Å². The minimum Gasteiger partial charge on any atom is -0.480 e. The first-order valence-corrected chi connectivity index (χ1v) is 7.20. The molecule has 0 unspecified atom stereocenters. The molecule has 0 aliphatic carbocycles. The topological polar surface area (TPSA) is 97.8 Å². The van der Waals surface area contributed by atoms with E-state index in [1.54, 1.807) is 12.1 Å². The molecule has 2 rings (SSSR count). The Hall–Kier alpha value is -2.15. The summed E-state index contributed by atoms with van der Waals surface area (Å²) in [6.07, 6.45) is 0.402. The molecule has 0 bridgehead atoms. The minimum absolute atomic E-state index is 0.0633. The molecule has 0 spiro atoms. The highest BCUT2D eigenvalue weighted by molar-refractivity contribution is 5.96. The molecule has 0 saturated carbocycles. The third kappa shape index (κ3) is 3.73. The second-order valence-corrected chi connectivity index (χ2v) is 5.48. The summed E-state index contributed by atoms with van der Waals surface area (Å²) in [6, 6.07) is 4.83. The number of pyridine rings is 1. The molecule has 120 valence electrons. The number of carbonyl (C=O) groups is 2. The van der Waals surface area contributed by atoms with Gasteiger partial charge in [-0.1, -0.05) is 6.07 Å². The van der Waals surface area contributed by atoms with Crippen LogP contribution in [0.15, 0.2) is 18.2 Å². The van der Waals surface area contributed by atoms with E-state index in [1.165, 1.54) is 6.07 Å². The average Bonchev–Trinajstić information content (AvgIpc) is 2.47. The van der Waals surface area contributed by atoms with Gasteiger partial charge >= 0.3 is 5.97 Å². The van der Waals surface area contributed by atoms with Gasteiger partial charge < -0.3 is 19.9 Å². The molecule has 1 aromatic rings. The second-order valence-electron chi connectivity index (χ2n) is 5.48. The summed E-state index contributed by atoms with van der Waals surface area (Å²) in [6.45, 7) is 4.32. The van der Waals surface area contributed by atoms with Gasteiger partial charge in [-0.05, 0) is 19.9 Å². The number of aromatic nitrogens is 1. The van der Waals surface area contributed by atoms with Crippen molar-refractivity contribution in [1.29, 1.82) is 0 Å². The van der Waals surface area contributed by atoms with E-state index in [9.17, 15) is 14.7 Å². The first-order valence-electron chi connectivity index (χ1n) is 7.20. The van der Waals surface area contributed by atoms with Crippen molar-refractivity contribution in [2.75, 3.05) is 13.2 Å². The predicted octanol–water partition coefficient (Wildman–Crippen LogP) is 1.23. The van der Waals surface area contributed by atoms with Crippen LogP contribution in [0, 0.1) is 0 Å². The lowest BCUT2D eigenvalue weighted by Crippen LogP contribution is -2.57. The van der Waals surface area contributed by atoms with Gasteiger partial charge in [0.2, 0.25) is 5.88 Å². The number of carboxylic acid groups (broad SMARTS) is 1. The maximum absolute atomic E-state index is 12.3. The first-order chi connectivity index (χ1) is 10.4. The van der Waals surface area contributed by atoms with Crippen LogP contribution in [0.25, 0.3) is 0 Å². The van der Waals surface area contributed by atoms with Gasteiger partial charge in [-0.3, -0.25) is 4.79 Å². The Morgan fingerprint density at radius 1 is 1.36 bits per heavy atom. The summed E-state index contributed by atoms with van der Waals surface area (Å²) in [4.78, 5) is 28.0. The zero-order chi connectivity index (χ0) is 16.2. The van der Waals surface area contributed by atoms with Gasteiger partial charge in [0.05, 0.1) is 6.10 Å². The number of nitrogens with zero attached hydrogens (tertiary/aromatic N) is 1. The Morgan fingerprint density at radius 2 is 2.05 bits per heavy atom. The number of carboxylic acids is 1. The molecule has 1 aliphatic rings. The van der Waals surface area contributed by atoms with Gasteiger partial charge in [0, 0.05) is 32.1 Å². The maximum Gasteiger partial charge on any atom is 0.329 e. The Bertz CT molecular complexity index is 553. The van der Waals surface area contributed by atoms with Crippen LogP contribution in [0.5, 0.6) is 5.88 Å². The van der Waals surface area contributed by atoms with Crippen LogP contribution in [0.4, 0.5) is 0 Å². The monoisotopic (exact) mass is 308 g/mol. The van der Waals surface area contributed by atoms with Gasteiger partial charge in [0.25, 0.3) is 5.91 Å². The predicted molar refractivity (Wildman–Crippen MR) is 77.9 cm³/mol. The fourth-order valence-corrected chi connectivity index (χ4v) is 2.24. The van der Waals surface area contributed by atoms with Gasteiger partial charge in [-0.15, -0.1) is 0 Å². The number of rotatable bonds is 5. The van der Waals surface area contributed by atoms with Crippen molar-refractivity contribution in [3.63, 3.8) is 0 Å². The molecular formula is C15H20N2O5. The highest BCUT2D eigenvalue weighted by Gasteiger charge is 2.42. The van der Waals surface area contributed by atoms with E-state index in [1.807, 2.05) is 13.8 Å². The van der Waals surface area contributed by atoms with Crippen molar-refractivity contribution in [1.82, 2.24) is 10.3 Å². The smallest absolute Gasteiger partial charge is 0.329 e. The molecule has 1 fully saturated rings. The number of carbonyl (C=O) groups excluding carboxylic acids is 1. The second kappa shape index (κ2) is 6.74. The molecule has 0 radical (unpaired) electrons. The molecule has 1 saturated heterocycles. The Kier molecular flexibility index (Phi) is 4.97. The number of aliphatic carboxylic acids is 1. The SMILES string of the molecule is CC(C)Oc1cccc(C(=O)NC2(C(=O)O)CCOCC2)n1. The number of hydrogen-bond donors (Lipinski definition) is 2. The molecule has 0 atom stereocenters. The quantitative estimate of drug-likeness (QED) is 0.849. The minimum atomic E-state index is -1.30. The number of nitrogens with one attached hydrogen (secondary N) is 1. The Labute approximate surface area is 128 Å². The van der Waals surface area contributed by atoms with Crippen molar-refractivity contribution in [2.45, 2.75) is 38.3 Å². The standard InChI is InChI=1S/C15H20N2O5/c1-10(2)22-12-5-3-4-11(16-12)13(18)17-15(14(19)20)6-8-21-9-7-15/h3-5,10H,6-9H2,1-2H3,(H,17,18)(H,19,20). The van der Waals surface area contributed by atoms with E-state index in [2.05, 4.69) is 10.3 Å². The normalized spacial score (nSPS) is 17.0. The Balaban J connectivity index is 2.15. The maximum atomic E-state index is 12.3. The first kappa shape index (κ1) is 16.2. The Morgan fingerprint density at radius 3 is 2.64 bits per heavy atom. The third-order valence-electron chi connectivity index (χ3n) is 3.42. The van der Waals surface area contributed by atoms with Crippen molar-refractivity contribution in [2.24, 2.45) is 0 Å². The van der Waals surface area contributed by atoms with Crippen LogP contribution in [0.1, 0.15) is 37.2 Å². The van der Waals surface area contributed by atoms with E-state index in [0.29, 0.717) is 19.1 Å². The molecule has 1 aliphatic heterocycles. The van der Waals surface area contributed by atoms with Gasteiger partial charge in [-0.25, -0.2) is 9.78 Å². The lowest BCUT2D eigenvalue weighted by Gasteiger charge is -2.33. The van der Waals surface area contributed by atoms with Crippen LogP contribution < -0.4 is 10.1 Å². The fourth-order valence-electron chi connectivity index (χ4n) is 2.24. The third-order valence-corrected chi connectivity index (χ3v) is 3.42. The van der Waals surface area contributed by atoms with Crippen LogP contribution in [-0.2, 0) is 9.53 Å². The lowest BCUT2D eigenvalue weighted by molar-refractivity contribution is -0.148. The highest BCUT2D eigenvalue weighted by atomic mass is 16.5. The summed E-state index contributed by atoms with van der Waals surface area (Å²) >= 11 is 0. The van der Waals surface area contributed by atoms with Crippen LogP contribution in [0.3, 0.4) is 0 Å². The summed E-state index contributed by atoms with van der Waals surface area (Å²) in [5.41, 5.74) is -1.17. The number of ether oxygens (including phenoxy) is 2. The summed E-state index contributed by atoms with van der Waals surface area (Å²) in [5, 5.41) is 12.0. The van der Waals surface area contributed by atoms with Crippen molar-refractivity contribution in [3.8, 4) is 5.88 Å². The molecule has 22 heavy (non-hydrogen) atoms. The lowest BCUT2D eigenvalue weighted by atomic mass is 9.90. The molecule has 0 aromatic carbocycles. The van der Waals surface area contributed by atoms with E-state index < -0.39 is 17.4 Å². The van der Waals surface area contributed by atoms with E-state index >= 15 is 0 Å². The van der Waals surface area contributed by atoms with Gasteiger partial charge in [-0.2, -0.15) is 0 Å². The molecule has 7 nitrogen and oxygen atoms in total. The van der Waals surface area contributed by atoms with Crippen molar-refractivity contribution in [3.05, 3.63) is 23.9 Å². The molecule has 2 N–H and O–H groups in total. The summed E-state index contributed by atoms with van der Waals surface area (Å²) in [7, 11) is 0. The van der Waals surface area contributed by atoms with Crippen LogP contribution >= 0.6 is 0 Å². The van der Waals surface area contributed by atoms with E-state index in [0.717, 1.165) is 0 Å². The average molecular weight is 308 g/mol. The number of hydrogen-bond acceptors (Lipinski definition) is 5. The van der Waals surface area contributed by atoms with Gasteiger partial charge in [0.1, 0.15) is 11.2 Å². The summed E-state index contributed by atoms with van der Waals surface area (Å²) < 4.78 is 10.6. The van der Waals surface area contributed by atoms with Crippen molar-refractivity contribution < 1.29 is 24.2 Å². The highest BCUT2D eigenvalue weighted by Crippen LogP contribution is 2.22. The van der Waals surface area contributed by atoms with Crippen LogP contribution in [0.2, 0.25) is 0 Å².